The van der Waals surface area contributed by atoms with Crippen molar-refractivity contribution in [3.8, 4) is 5.75 Å². The summed E-state index contributed by atoms with van der Waals surface area (Å²) in [4.78, 5) is 0. The number of rotatable bonds is 4. The van der Waals surface area contributed by atoms with E-state index in [0.29, 0.717) is 11.3 Å². The molecule has 2 N–H and O–H groups in total. The Hall–Kier alpha value is -2.43. The summed E-state index contributed by atoms with van der Waals surface area (Å²) in [7, 11) is 0. The highest BCUT2D eigenvalue weighted by Gasteiger charge is 2.01. The maximum Gasteiger partial charge on any atom is 0.126 e. The number of nitrogens with two attached hydrogens (primary N) is 1. The van der Waals surface area contributed by atoms with Crippen LogP contribution in [0.15, 0.2) is 47.6 Å². The third-order valence-corrected chi connectivity index (χ3v) is 2.43. The lowest BCUT2D eigenvalue weighted by molar-refractivity contribution is 0.305. The molecule has 2 rings (SSSR count). The zero-order valence-electron chi connectivity index (χ0n) is 10.0. The molecule has 0 spiro atoms. The fraction of sp³-hybridized carbons (Fsp3) is 0.0714. The molecule has 0 fully saturated rings. The number of ether oxygens (including phenoxy) is 1. The van der Waals surface area contributed by atoms with E-state index in [1.165, 1.54) is 18.3 Å². The first-order chi connectivity index (χ1) is 9.17. The Balaban J connectivity index is 2.01. The second-order valence-electron chi connectivity index (χ2n) is 3.91. The van der Waals surface area contributed by atoms with Crippen molar-refractivity contribution < 1.29 is 13.5 Å². The molecule has 0 aliphatic carbocycles. The quantitative estimate of drug-likeness (QED) is 0.523. The zero-order chi connectivity index (χ0) is 13.7. The van der Waals surface area contributed by atoms with Crippen LogP contribution in [-0.2, 0) is 6.61 Å². The van der Waals surface area contributed by atoms with Crippen molar-refractivity contribution in [3.05, 3.63) is 65.2 Å². The molecule has 98 valence electrons. The number of hydrogen-bond acceptors (Lipinski definition) is 3. The highest BCUT2D eigenvalue weighted by Crippen LogP contribution is 2.15. The zero-order valence-corrected chi connectivity index (χ0v) is 10.0. The van der Waals surface area contributed by atoms with Gasteiger partial charge in [0.1, 0.15) is 24.0 Å². The van der Waals surface area contributed by atoms with Crippen LogP contribution in [0.4, 0.5) is 8.78 Å². The number of hydrazone groups is 1. The molecular formula is C14H12F2N2O. The van der Waals surface area contributed by atoms with Crippen LogP contribution in [-0.4, -0.2) is 6.21 Å². The third-order valence-electron chi connectivity index (χ3n) is 2.43. The van der Waals surface area contributed by atoms with Crippen LogP contribution in [0.2, 0.25) is 0 Å². The normalized spacial score (nSPS) is 10.8. The van der Waals surface area contributed by atoms with Crippen molar-refractivity contribution in [3.63, 3.8) is 0 Å². The van der Waals surface area contributed by atoms with E-state index in [2.05, 4.69) is 5.10 Å². The van der Waals surface area contributed by atoms with E-state index in [4.69, 9.17) is 10.6 Å². The topological polar surface area (TPSA) is 47.6 Å². The number of hydrogen-bond donors (Lipinski definition) is 1. The minimum absolute atomic E-state index is 0.0962. The first kappa shape index (κ1) is 13.0. The van der Waals surface area contributed by atoms with Crippen molar-refractivity contribution >= 4 is 6.21 Å². The molecule has 19 heavy (non-hydrogen) atoms. The van der Waals surface area contributed by atoms with Crippen LogP contribution in [0.5, 0.6) is 5.75 Å². The number of halogens is 2. The van der Waals surface area contributed by atoms with Gasteiger partial charge >= 0.3 is 0 Å². The van der Waals surface area contributed by atoms with Gasteiger partial charge in [-0.1, -0.05) is 0 Å². The van der Waals surface area contributed by atoms with E-state index < -0.39 is 11.6 Å². The first-order valence-corrected chi connectivity index (χ1v) is 5.58. The van der Waals surface area contributed by atoms with Gasteiger partial charge in [-0.2, -0.15) is 5.10 Å². The molecule has 0 aliphatic rings. The molecule has 0 unspecified atom stereocenters. The molecule has 0 bridgehead atoms. The molecule has 0 heterocycles. The van der Waals surface area contributed by atoms with Gasteiger partial charge in [0.2, 0.25) is 0 Å². The fourth-order valence-electron chi connectivity index (χ4n) is 1.60. The smallest absolute Gasteiger partial charge is 0.126 e. The van der Waals surface area contributed by atoms with Crippen molar-refractivity contribution in [1.82, 2.24) is 0 Å². The van der Waals surface area contributed by atoms with Gasteiger partial charge in [0.05, 0.1) is 6.21 Å². The van der Waals surface area contributed by atoms with Crippen LogP contribution in [0.1, 0.15) is 11.1 Å². The summed E-state index contributed by atoms with van der Waals surface area (Å²) in [5.41, 5.74) is 1.27. The van der Waals surface area contributed by atoms with E-state index >= 15 is 0 Å². The summed E-state index contributed by atoms with van der Waals surface area (Å²) >= 11 is 0. The molecule has 0 amide bonds. The van der Waals surface area contributed by atoms with Crippen LogP contribution >= 0.6 is 0 Å². The maximum absolute atomic E-state index is 13.0. The molecule has 0 aliphatic heterocycles. The van der Waals surface area contributed by atoms with Gasteiger partial charge in [-0.3, -0.25) is 0 Å². The number of benzene rings is 2. The van der Waals surface area contributed by atoms with Crippen molar-refractivity contribution in [1.29, 1.82) is 0 Å². The fourth-order valence-corrected chi connectivity index (χ4v) is 1.60. The van der Waals surface area contributed by atoms with Crippen molar-refractivity contribution in [2.75, 3.05) is 0 Å². The van der Waals surface area contributed by atoms with Crippen LogP contribution < -0.4 is 10.6 Å². The van der Waals surface area contributed by atoms with Crippen LogP contribution in [0.3, 0.4) is 0 Å². The molecule has 0 atom stereocenters. The van der Waals surface area contributed by atoms with Gasteiger partial charge in [0, 0.05) is 6.07 Å². The van der Waals surface area contributed by atoms with Gasteiger partial charge in [-0.15, -0.1) is 0 Å². The molecule has 2 aromatic carbocycles. The van der Waals surface area contributed by atoms with E-state index in [1.54, 1.807) is 24.3 Å². The Bertz CT molecular complexity index is 562. The minimum Gasteiger partial charge on any atom is -0.489 e. The lowest BCUT2D eigenvalue weighted by atomic mass is 10.2. The van der Waals surface area contributed by atoms with Crippen LogP contribution in [0.25, 0.3) is 0 Å². The summed E-state index contributed by atoms with van der Waals surface area (Å²) < 4.78 is 31.4. The highest BCUT2D eigenvalue weighted by atomic mass is 19.1. The second-order valence-corrected chi connectivity index (χ2v) is 3.91. The summed E-state index contributed by atoms with van der Waals surface area (Å²) in [5, 5.41) is 3.40. The molecule has 5 heteroatoms. The van der Waals surface area contributed by atoms with E-state index in [9.17, 15) is 8.78 Å². The summed E-state index contributed by atoms with van der Waals surface area (Å²) in [6.45, 7) is 0.0962. The Morgan fingerprint density at radius 3 is 2.26 bits per heavy atom. The van der Waals surface area contributed by atoms with E-state index in [1.807, 2.05) is 0 Å². The summed E-state index contributed by atoms with van der Waals surface area (Å²) in [5.74, 6) is 4.39. The molecule has 0 saturated carbocycles. The standard InChI is InChI=1S/C14H12F2N2O/c15-12-5-11(6-13(16)7-12)9-19-14-3-1-10(2-4-14)8-18-17/h1-8H,9,17H2. The predicted molar refractivity (Wildman–Crippen MR) is 68.9 cm³/mol. The Morgan fingerprint density at radius 1 is 1.05 bits per heavy atom. The van der Waals surface area contributed by atoms with Gasteiger partial charge < -0.3 is 10.6 Å². The molecule has 0 aromatic heterocycles. The average molecular weight is 262 g/mol. The van der Waals surface area contributed by atoms with Gasteiger partial charge in [-0.05, 0) is 47.5 Å². The van der Waals surface area contributed by atoms with E-state index in [-0.39, 0.29) is 6.61 Å². The van der Waals surface area contributed by atoms with Crippen LogP contribution in [0, 0.1) is 11.6 Å². The highest BCUT2D eigenvalue weighted by molar-refractivity contribution is 5.79. The van der Waals surface area contributed by atoms with Gasteiger partial charge in [0.25, 0.3) is 0 Å². The third kappa shape index (κ3) is 3.77. The molecule has 2 aromatic rings. The largest absolute Gasteiger partial charge is 0.489 e. The average Bonchev–Trinajstić information content (AvgIpc) is 2.37. The number of nitrogens with zero attached hydrogens (tertiary/aromatic N) is 1. The minimum atomic E-state index is -0.617. The predicted octanol–water partition coefficient (Wildman–Crippen LogP) is 2.84. The lowest BCUT2D eigenvalue weighted by Gasteiger charge is -2.06. The van der Waals surface area contributed by atoms with Gasteiger partial charge in [0.15, 0.2) is 0 Å². The van der Waals surface area contributed by atoms with Crippen molar-refractivity contribution in [2.45, 2.75) is 6.61 Å². The molecule has 0 radical (unpaired) electrons. The maximum atomic E-state index is 13.0. The summed E-state index contributed by atoms with van der Waals surface area (Å²) in [6.07, 6.45) is 1.51. The monoisotopic (exact) mass is 262 g/mol. The molecular weight excluding hydrogens is 250 g/mol. The molecule has 0 saturated heterocycles. The second kappa shape index (κ2) is 5.95. The Morgan fingerprint density at radius 2 is 1.68 bits per heavy atom. The lowest BCUT2D eigenvalue weighted by Crippen LogP contribution is -1.97. The Labute approximate surface area is 109 Å². The first-order valence-electron chi connectivity index (χ1n) is 5.58. The van der Waals surface area contributed by atoms with Crippen molar-refractivity contribution in [2.24, 2.45) is 10.9 Å². The SMILES string of the molecule is NN=Cc1ccc(OCc2cc(F)cc(F)c2)cc1. The Kier molecular flexibility index (Phi) is 4.07. The summed E-state index contributed by atoms with van der Waals surface area (Å²) in [6, 6.07) is 10.3. The molecule has 3 nitrogen and oxygen atoms in total. The van der Waals surface area contributed by atoms with Gasteiger partial charge in [-0.25, -0.2) is 8.78 Å². The van der Waals surface area contributed by atoms with E-state index in [0.717, 1.165) is 11.6 Å².